The second-order valence-corrected chi connectivity index (χ2v) is 8.02. The van der Waals surface area contributed by atoms with E-state index in [0.29, 0.717) is 17.0 Å². The molecule has 2 aliphatic carbocycles. The van der Waals surface area contributed by atoms with Gasteiger partial charge < -0.3 is 5.32 Å². The van der Waals surface area contributed by atoms with E-state index in [-0.39, 0.29) is 11.7 Å². The molecule has 2 aromatic rings. The van der Waals surface area contributed by atoms with E-state index in [1.807, 2.05) is 48.6 Å². The average Bonchev–Trinajstić information content (AvgIpc) is 3.45. The molecule has 2 aromatic carbocycles. The number of carbonyl (C=O) groups excluding carboxylic acids is 2. The van der Waals surface area contributed by atoms with Crippen LogP contribution in [0, 0.1) is 5.92 Å². The summed E-state index contributed by atoms with van der Waals surface area (Å²) in [4.78, 5) is 28.2. The Kier molecular flexibility index (Phi) is 3.54. The molecule has 26 heavy (non-hydrogen) atoms. The summed E-state index contributed by atoms with van der Waals surface area (Å²) >= 11 is 3.46. The standard InChI is InChI=1S/C21H17BrN2O2/c22-14-2-1-3-15(10-14)24-17-9-7-13-6-8-16(23-11-12-4-5-12)19(21(24)26)18(13)20(17)25/h1-3,6-10,12,17,23H,4-5,11H2. The van der Waals surface area contributed by atoms with Gasteiger partial charge in [0.15, 0.2) is 5.78 Å². The summed E-state index contributed by atoms with van der Waals surface area (Å²) in [5.74, 6) is 0.556. The van der Waals surface area contributed by atoms with E-state index in [9.17, 15) is 9.59 Å². The highest BCUT2D eigenvalue weighted by Crippen LogP contribution is 2.39. The Morgan fingerprint density at radius 3 is 2.73 bits per heavy atom. The molecule has 5 rings (SSSR count). The smallest absolute Gasteiger partial charge is 0.262 e. The van der Waals surface area contributed by atoms with Gasteiger partial charge in [-0.1, -0.05) is 40.2 Å². The predicted octanol–water partition coefficient (Wildman–Crippen LogP) is 4.51. The van der Waals surface area contributed by atoms with Crippen LogP contribution in [0.2, 0.25) is 0 Å². The minimum absolute atomic E-state index is 0.00727. The summed E-state index contributed by atoms with van der Waals surface area (Å²) in [6.07, 6.45) is 6.24. The van der Waals surface area contributed by atoms with Gasteiger partial charge in [-0.2, -0.15) is 0 Å². The van der Waals surface area contributed by atoms with Crippen molar-refractivity contribution in [1.29, 1.82) is 0 Å². The molecule has 1 fully saturated rings. The van der Waals surface area contributed by atoms with Crippen molar-refractivity contribution in [1.82, 2.24) is 0 Å². The molecule has 1 saturated carbocycles. The van der Waals surface area contributed by atoms with Crippen molar-refractivity contribution in [2.24, 2.45) is 5.92 Å². The average molecular weight is 409 g/mol. The molecule has 2 bridgehead atoms. The maximum Gasteiger partial charge on any atom is 0.262 e. The Labute approximate surface area is 160 Å². The van der Waals surface area contributed by atoms with Gasteiger partial charge >= 0.3 is 0 Å². The Hall–Kier alpha value is -2.40. The molecule has 1 unspecified atom stereocenters. The number of benzene rings is 2. The first-order valence-corrected chi connectivity index (χ1v) is 9.65. The van der Waals surface area contributed by atoms with Crippen LogP contribution in [-0.2, 0) is 0 Å². The largest absolute Gasteiger partial charge is 0.384 e. The number of Topliss-reactive ketones (excluding diaryl/α,β-unsaturated/α-hetero) is 1. The molecule has 0 saturated heterocycles. The highest BCUT2D eigenvalue weighted by atomic mass is 79.9. The van der Waals surface area contributed by atoms with Gasteiger partial charge in [0.05, 0.1) is 5.56 Å². The summed E-state index contributed by atoms with van der Waals surface area (Å²) in [6.45, 7) is 0.851. The van der Waals surface area contributed by atoms with Crippen molar-refractivity contribution < 1.29 is 9.59 Å². The minimum Gasteiger partial charge on any atom is -0.384 e. The lowest BCUT2D eigenvalue weighted by Crippen LogP contribution is -2.50. The van der Waals surface area contributed by atoms with Crippen molar-refractivity contribution in [2.45, 2.75) is 18.9 Å². The van der Waals surface area contributed by atoms with Crippen molar-refractivity contribution in [3.63, 3.8) is 0 Å². The van der Waals surface area contributed by atoms with E-state index in [4.69, 9.17) is 0 Å². The van der Waals surface area contributed by atoms with Crippen molar-refractivity contribution in [3.05, 3.63) is 63.6 Å². The zero-order valence-corrected chi connectivity index (χ0v) is 15.6. The number of hydrogen-bond acceptors (Lipinski definition) is 3. The number of nitrogens with zero attached hydrogens (tertiary/aromatic N) is 1. The topological polar surface area (TPSA) is 49.4 Å². The summed E-state index contributed by atoms with van der Waals surface area (Å²) in [5, 5.41) is 3.40. The zero-order chi connectivity index (χ0) is 17.8. The maximum absolute atomic E-state index is 13.4. The fourth-order valence-electron chi connectivity index (χ4n) is 3.75. The van der Waals surface area contributed by atoms with Crippen LogP contribution >= 0.6 is 15.9 Å². The van der Waals surface area contributed by atoms with Crippen LogP contribution in [0.1, 0.15) is 39.1 Å². The molecule has 1 aliphatic heterocycles. The molecule has 1 N–H and O–H groups in total. The predicted molar refractivity (Wildman–Crippen MR) is 106 cm³/mol. The molecule has 0 aromatic heterocycles. The van der Waals surface area contributed by atoms with Crippen molar-refractivity contribution in [2.75, 3.05) is 16.8 Å². The first kappa shape index (κ1) is 15.8. The maximum atomic E-state index is 13.4. The molecule has 1 amide bonds. The quantitative estimate of drug-likeness (QED) is 0.809. The first-order chi connectivity index (χ1) is 12.6. The Balaban J connectivity index is 1.65. The number of anilines is 2. The van der Waals surface area contributed by atoms with E-state index in [2.05, 4.69) is 21.2 Å². The fraction of sp³-hybridized carbons (Fsp3) is 0.238. The van der Waals surface area contributed by atoms with Gasteiger partial charge in [0.2, 0.25) is 0 Å². The normalized spacial score (nSPS) is 20.5. The highest BCUT2D eigenvalue weighted by Gasteiger charge is 2.42. The van der Waals surface area contributed by atoms with Crippen LogP contribution in [0.5, 0.6) is 0 Å². The van der Waals surface area contributed by atoms with E-state index >= 15 is 0 Å². The van der Waals surface area contributed by atoms with Crippen LogP contribution in [0.4, 0.5) is 11.4 Å². The molecular weight excluding hydrogens is 392 g/mol. The third kappa shape index (κ3) is 2.42. The van der Waals surface area contributed by atoms with Gasteiger partial charge in [-0.15, -0.1) is 0 Å². The van der Waals surface area contributed by atoms with Crippen molar-refractivity contribution >= 4 is 45.1 Å². The first-order valence-electron chi connectivity index (χ1n) is 8.86. The summed E-state index contributed by atoms with van der Waals surface area (Å²) < 4.78 is 0.877. The molecule has 3 aliphatic rings. The second-order valence-electron chi connectivity index (χ2n) is 7.10. The van der Waals surface area contributed by atoms with Gasteiger partial charge in [-0.3, -0.25) is 14.5 Å². The SMILES string of the molecule is O=C1c2c3ccc(NCC4CC4)c2C(=O)N(c2cccc(Br)c2)C1C=C3. The van der Waals surface area contributed by atoms with Crippen molar-refractivity contribution in [3.8, 4) is 0 Å². The lowest BCUT2D eigenvalue weighted by Gasteiger charge is -2.37. The zero-order valence-electron chi connectivity index (χ0n) is 14.0. The van der Waals surface area contributed by atoms with Gasteiger partial charge in [0.1, 0.15) is 6.04 Å². The molecule has 130 valence electrons. The number of rotatable bonds is 4. The number of halogens is 1. The number of hydrogen-bond donors (Lipinski definition) is 1. The van der Waals surface area contributed by atoms with Gasteiger partial charge in [0.25, 0.3) is 5.91 Å². The van der Waals surface area contributed by atoms with Gasteiger partial charge in [-0.05, 0) is 48.6 Å². The fourth-order valence-corrected chi connectivity index (χ4v) is 4.14. The summed E-state index contributed by atoms with van der Waals surface area (Å²) in [7, 11) is 0. The summed E-state index contributed by atoms with van der Waals surface area (Å²) in [6, 6.07) is 10.8. The van der Waals surface area contributed by atoms with Gasteiger partial charge in [-0.25, -0.2) is 0 Å². The van der Waals surface area contributed by atoms with Crippen LogP contribution in [0.15, 0.2) is 46.9 Å². The third-order valence-electron chi connectivity index (χ3n) is 5.29. The van der Waals surface area contributed by atoms with Crippen LogP contribution < -0.4 is 10.2 Å². The highest BCUT2D eigenvalue weighted by molar-refractivity contribution is 9.10. The Morgan fingerprint density at radius 2 is 1.96 bits per heavy atom. The lowest BCUT2D eigenvalue weighted by atomic mass is 9.83. The number of ketones is 1. The van der Waals surface area contributed by atoms with Crippen LogP contribution in [0.3, 0.4) is 0 Å². The Morgan fingerprint density at radius 1 is 1.12 bits per heavy atom. The van der Waals surface area contributed by atoms with E-state index < -0.39 is 6.04 Å². The summed E-state index contributed by atoms with van der Waals surface area (Å²) in [5.41, 5.74) is 3.39. The number of nitrogens with one attached hydrogen (secondary N) is 1. The monoisotopic (exact) mass is 408 g/mol. The molecule has 5 heteroatoms. The molecule has 0 radical (unpaired) electrons. The Bertz CT molecular complexity index is 978. The minimum atomic E-state index is -0.574. The lowest BCUT2D eigenvalue weighted by molar-refractivity contribution is 0.0885. The second kappa shape index (κ2) is 5.81. The third-order valence-corrected chi connectivity index (χ3v) is 5.78. The molecular formula is C21H17BrN2O2. The van der Waals surface area contributed by atoms with Crippen LogP contribution in [0.25, 0.3) is 6.08 Å². The number of fused-ring (bicyclic) bond motifs is 1. The number of amides is 1. The van der Waals surface area contributed by atoms with E-state index in [1.165, 1.54) is 12.8 Å². The molecule has 1 atom stereocenters. The molecule has 0 spiro atoms. The molecule has 4 nitrogen and oxygen atoms in total. The van der Waals surface area contributed by atoms with Crippen LogP contribution in [-0.4, -0.2) is 24.3 Å². The van der Waals surface area contributed by atoms with E-state index in [1.54, 1.807) is 4.90 Å². The van der Waals surface area contributed by atoms with E-state index in [0.717, 1.165) is 28.0 Å². The molecule has 1 heterocycles. The van der Waals surface area contributed by atoms with Gasteiger partial charge in [0, 0.05) is 28.0 Å². The number of carbonyl (C=O) groups is 2.